The first-order valence-corrected chi connectivity index (χ1v) is 11.8. The molecule has 4 rings (SSSR count). The minimum absolute atomic E-state index is 0.314. The van der Waals surface area contributed by atoms with E-state index in [2.05, 4.69) is 78.9 Å². The van der Waals surface area contributed by atoms with Crippen LogP contribution in [-0.4, -0.2) is 27.8 Å². The molecular weight excluding hydrogens is 398 g/mol. The van der Waals surface area contributed by atoms with Crippen LogP contribution in [0.4, 0.5) is 0 Å². The SMILES string of the molecule is CCCCn1c(CN(CCC(C)C)Cc2ccc3c(c2)OCO3)cnc1-c1ccccc1. The molecule has 0 atom stereocenters. The third-order valence-corrected chi connectivity index (χ3v) is 5.96. The average molecular weight is 434 g/mol. The van der Waals surface area contributed by atoms with Gasteiger partial charge in [0.15, 0.2) is 11.5 Å². The Morgan fingerprint density at radius 1 is 1.03 bits per heavy atom. The predicted molar refractivity (Wildman–Crippen MR) is 129 cm³/mol. The normalized spacial score (nSPS) is 12.8. The summed E-state index contributed by atoms with van der Waals surface area (Å²) >= 11 is 0. The molecule has 0 bridgehead atoms. The zero-order valence-electron chi connectivity index (χ0n) is 19.6. The Balaban J connectivity index is 1.57. The summed E-state index contributed by atoms with van der Waals surface area (Å²) in [7, 11) is 0. The Morgan fingerprint density at radius 3 is 2.62 bits per heavy atom. The zero-order valence-corrected chi connectivity index (χ0v) is 19.6. The molecule has 0 saturated heterocycles. The Hall–Kier alpha value is -2.79. The maximum absolute atomic E-state index is 5.60. The van der Waals surface area contributed by atoms with Crippen molar-refractivity contribution in [2.75, 3.05) is 13.3 Å². The van der Waals surface area contributed by atoms with E-state index in [-0.39, 0.29) is 0 Å². The first-order valence-electron chi connectivity index (χ1n) is 11.8. The fourth-order valence-electron chi connectivity index (χ4n) is 4.10. The third-order valence-electron chi connectivity index (χ3n) is 5.96. The van der Waals surface area contributed by atoms with Crippen LogP contribution < -0.4 is 9.47 Å². The van der Waals surface area contributed by atoms with Gasteiger partial charge < -0.3 is 14.0 Å². The molecule has 170 valence electrons. The molecule has 0 amide bonds. The number of hydrogen-bond donors (Lipinski definition) is 0. The van der Waals surface area contributed by atoms with E-state index >= 15 is 0 Å². The standard InChI is InChI=1S/C27H35N3O2/c1-4-5-14-30-24(17-28-27(30)23-9-7-6-8-10-23)19-29(15-13-21(2)3)18-22-11-12-25-26(16-22)32-20-31-25/h6-12,16-17,21H,4-5,13-15,18-20H2,1-3H3. The minimum Gasteiger partial charge on any atom is -0.454 e. The van der Waals surface area contributed by atoms with Gasteiger partial charge in [0.05, 0.1) is 11.9 Å². The van der Waals surface area contributed by atoms with E-state index in [9.17, 15) is 0 Å². The first kappa shape index (κ1) is 22.4. The maximum Gasteiger partial charge on any atom is 0.231 e. The van der Waals surface area contributed by atoms with Crippen molar-refractivity contribution in [1.82, 2.24) is 14.5 Å². The summed E-state index contributed by atoms with van der Waals surface area (Å²) in [6.45, 7) is 10.9. The topological polar surface area (TPSA) is 39.5 Å². The van der Waals surface area contributed by atoms with E-state index < -0.39 is 0 Å². The summed E-state index contributed by atoms with van der Waals surface area (Å²) in [6.07, 6.45) is 5.55. The van der Waals surface area contributed by atoms with Crippen LogP contribution in [0, 0.1) is 5.92 Å². The number of ether oxygens (including phenoxy) is 2. The maximum atomic E-state index is 5.60. The van der Waals surface area contributed by atoms with Crippen molar-refractivity contribution in [3.05, 3.63) is 66.0 Å². The summed E-state index contributed by atoms with van der Waals surface area (Å²) in [4.78, 5) is 7.38. The molecule has 0 spiro atoms. The second kappa shape index (κ2) is 10.7. The summed E-state index contributed by atoms with van der Waals surface area (Å²) in [5, 5.41) is 0. The van der Waals surface area contributed by atoms with Gasteiger partial charge in [0.2, 0.25) is 6.79 Å². The van der Waals surface area contributed by atoms with Crippen LogP contribution in [0.5, 0.6) is 11.5 Å². The van der Waals surface area contributed by atoms with E-state index in [1.54, 1.807) is 0 Å². The summed E-state index contributed by atoms with van der Waals surface area (Å²) in [6, 6.07) is 16.8. The van der Waals surface area contributed by atoms with E-state index in [0.29, 0.717) is 12.7 Å². The fourth-order valence-corrected chi connectivity index (χ4v) is 4.10. The number of imidazole rings is 1. The Morgan fingerprint density at radius 2 is 1.84 bits per heavy atom. The molecule has 1 aliphatic rings. The lowest BCUT2D eigenvalue weighted by Gasteiger charge is -2.24. The van der Waals surface area contributed by atoms with Gasteiger partial charge in [-0.25, -0.2) is 4.98 Å². The van der Waals surface area contributed by atoms with E-state index in [1.165, 1.54) is 29.7 Å². The van der Waals surface area contributed by atoms with Crippen LogP contribution in [0.2, 0.25) is 0 Å². The van der Waals surface area contributed by atoms with Crippen molar-refractivity contribution in [2.24, 2.45) is 5.92 Å². The van der Waals surface area contributed by atoms with Gasteiger partial charge >= 0.3 is 0 Å². The lowest BCUT2D eigenvalue weighted by molar-refractivity contribution is 0.174. The molecule has 0 radical (unpaired) electrons. The van der Waals surface area contributed by atoms with Gasteiger partial charge in [0, 0.05) is 25.2 Å². The van der Waals surface area contributed by atoms with Crippen molar-refractivity contribution < 1.29 is 9.47 Å². The molecule has 1 aromatic heterocycles. The highest BCUT2D eigenvalue weighted by molar-refractivity contribution is 5.55. The lowest BCUT2D eigenvalue weighted by atomic mass is 10.1. The van der Waals surface area contributed by atoms with Crippen LogP contribution in [0.1, 0.15) is 51.3 Å². The number of unbranched alkanes of at least 4 members (excludes halogenated alkanes) is 1. The Bertz CT molecular complexity index is 997. The van der Waals surface area contributed by atoms with Crippen LogP contribution >= 0.6 is 0 Å². The van der Waals surface area contributed by atoms with Crippen LogP contribution in [0.3, 0.4) is 0 Å². The zero-order chi connectivity index (χ0) is 22.3. The van der Waals surface area contributed by atoms with E-state index in [1.807, 2.05) is 6.07 Å². The molecular formula is C27H35N3O2. The summed E-state index contributed by atoms with van der Waals surface area (Å²) < 4.78 is 13.5. The Labute approximate surface area is 192 Å². The number of nitrogens with zero attached hydrogens (tertiary/aromatic N) is 3. The van der Waals surface area contributed by atoms with Gasteiger partial charge in [-0.2, -0.15) is 0 Å². The molecule has 0 aliphatic carbocycles. The van der Waals surface area contributed by atoms with Gasteiger partial charge in [0.25, 0.3) is 0 Å². The van der Waals surface area contributed by atoms with Crippen molar-refractivity contribution in [2.45, 2.75) is 59.7 Å². The lowest BCUT2D eigenvalue weighted by Crippen LogP contribution is -2.26. The number of hydrogen-bond acceptors (Lipinski definition) is 4. The highest BCUT2D eigenvalue weighted by Gasteiger charge is 2.18. The van der Waals surface area contributed by atoms with Crippen molar-refractivity contribution in [1.29, 1.82) is 0 Å². The number of benzene rings is 2. The molecule has 0 saturated carbocycles. The third kappa shape index (κ3) is 5.52. The predicted octanol–water partition coefficient (Wildman–Crippen LogP) is 6.13. The minimum atomic E-state index is 0.314. The van der Waals surface area contributed by atoms with E-state index in [4.69, 9.17) is 14.5 Å². The monoisotopic (exact) mass is 433 g/mol. The van der Waals surface area contributed by atoms with Gasteiger partial charge in [-0.3, -0.25) is 4.90 Å². The van der Waals surface area contributed by atoms with E-state index in [0.717, 1.165) is 49.9 Å². The molecule has 5 heteroatoms. The molecule has 2 heterocycles. The van der Waals surface area contributed by atoms with Crippen molar-refractivity contribution in [3.63, 3.8) is 0 Å². The number of fused-ring (bicyclic) bond motifs is 1. The molecule has 0 unspecified atom stereocenters. The molecule has 32 heavy (non-hydrogen) atoms. The molecule has 3 aromatic rings. The second-order valence-corrected chi connectivity index (χ2v) is 9.03. The first-order chi connectivity index (χ1) is 15.6. The summed E-state index contributed by atoms with van der Waals surface area (Å²) in [5.74, 6) is 3.43. The average Bonchev–Trinajstić information content (AvgIpc) is 3.43. The highest BCUT2D eigenvalue weighted by atomic mass is 16.7. The molecule has 0 N–H and O–H groups in total. The van der Waals surface area contributed by atoms with Gasteiger partial charge in [-0.15, -0.1) is 0 Å². The Kier molecular flexibility index (Phi) is 7.48. The second-order valence-electron chi connectivity index (χ2n) is 9.03. The number of rotatable bonds is 11. The van der Waals surface area contributed by atoms with Gasteiger partial charge in [-0.05, 0) is 43.0 Å². The van der Waals surface area contributed by atoms with Crippen LogP contribution in [0.25, 0.3) is 11.4 Å². The largest absolute Gasteiger partial charge is 0.454 e. The van der Waals surface area contributed by atoms with Crippen molar-refractivity contribution >= 4 is 0 Å². The van der Waals surface area contributed by atoms with Crippen LogP contribution in [-0.2, 0) is 19.6 Å². The molecule has 0 fully saturated rings. The quantitative estimate of drug-likeness (QED) is 0.365. The molecule has 1 aliphatic heterocycles. The van der Waals surface area contributed by atoms with Gasteiger partial charge in [-0.1, -0.05) is 63.6 Å². The smallest absolute Gasteiger partial charge is 0.231 e. The molecule has 5 nitrogen and oxygen atoms in total. The number of aromatic nitrogens is 2. The van der Waals surface area contributed by atoms with Gasteiger partial charge in [0.1, 0.15) is 5.82 Å². The van der Waals surface area contributed by atoms with Crippen molar-refractivity contribution in [3.8, 4) is 22.9 Å². The molecule has 2 aromatic carbocycles. The summed E-state index contributed by atoms with van der Waals surface area (Å²) in [5.41, 5.74) is 3.71. The highest BCUT2D eigenvalue weighted by Crippen LogP contribution is 2.33. The fraction of sp³-hybridized carbons (Fsp3) is 0.444. The van der Waals surface area contributed by atoms with Crippen LogP contribution in [0.15, 0.2) is 54.7 Å².